The van der Waals surface area contributed by atoms with Crippen LogP contribution in [0, 0.1) is 13.8 Å². The van der Waals surface area contributed by atoms with Crippen LogP contribution >= 0.6 is 0 Å². The number of ether oxygens (including phenoxy) is 8. The van der Waals surface area contributed by atoms with E-state index < -0.39 is 24.6 Å². The molecular weight excluding hydrogens is 648 g/mol. The molecule has 1 aliphatic rings. The zero-order valence-corrected chi connectivity index (χ0v) is 29.0. The molecule has 0 bridgehead atoms. The summed E-state index contributed by atoms with van der Waals surface area (Å²) < 4.78 is 44.9. The van der Waals surface area contributed by atoms with Gasteiger partial charge in [-0.15, -0.1) is 0 Å². The summed E-state index contributed by atoms with van der Waals surface area (Å²) in [6.07, 6.45) is -1.66. The lowest BCUT2D eigenvalue weighted by Crippen LogP contribution is -2.20. The first kappa shape index (κ1) is 35.8. The summed E-state index contributed by atoms with van der Waals surface area (Å²) in [5, 5.41) is 1.57. The van der Waals surface area contributed by atoms with E-state index >= 15 is 0 Å². The van der Waals surface area contributed by atoms with Crippen LogP contribution in [0.25, 0.3) is 43.8 Å². The molecule has 0 unspecified atom stereocenters. The molecule has 1 aliphatic carbocycles. The second-order valence-electron chi connectivity index (χ2n) is 11.7. The van der Waals surface area contributed by atoms with E-state index in [1.807, 2.05) is 41.5 Å². The lowest BCUT2D eigenvalue weighted by molar-refractivity contribution is 0.0969. The normalized spacial score (nSPS) is 11.2. The molecule has 12 nitrogen and oxygen atoms in total. The zero-order chi connectivity index (χ0) is 35.9. The summed E-state index contributed by atoms with van der Waals surface area (Å²) in [6, 6.07) is 10.6. The van der Waals surface area contributed by atoms with Crippen molar-refractivity contribution < 1.29 is 57.1 Å². The maximum absolute atomic E-state index is 13.1. The Bertz CT molecular complexity index is 1810. The Hall–Kier alpha value is -5.52. The summed E-state index contributed by atoms with van der Waals surface area (Å²) in [6.45, 7) is 11.5. The van der Waals surface area contributed by atoms with Crippen LogP contribution in [0.1, 0.15) is 64.5 Å². The van der Waals surface area contributed by atoms with Gasteiger partial charge in [0.15, 0.2) is 23.0 Å². The fourth-order valence-corrected chi connectivity index (χ4v) is 5.59. The molecule has 0 atom stereocenters. The molecule has 0 amide bonds. The van der Waals surface area contributed by atoms with Crippen LogP contribution in [0.15, 0.2) is 36.4 Å². The molecule has 264 valence electrons. The number of benzene rings is 4. The Morgan fingerprint density at radius 2 is 0.680 bits per heavy atom. The first-order valence-corrected chi connectivity index (χ1v) is 16.7. The van der Waals surface area contributed by atoms with Crippen LogP contribution in [-0.2, 0) is 18.9 Å². The van der Waals surface area contributed by atoms with Gasteiger partial charge in [-0.25, -0.2) is 19.2 Å². The molecule has 50 heavy (non-hydrogen) atoms. The van der Waals surface area contributed by atoms with Gasteiger partial charge in [0.05, 0.1) is 26.4 Å². The molecule has 0 aromatic heterocycles. The number of carbonyl (C=O) groups is 4. The largest absolute Gasteiger partial charge is 0.513 e. The molecule has 0 heterocycles. The quantitative estimate of drug-likeness (QED) is 0.0699. The highest BCUT2D eigenvalue weighted by atomic mass is 16.7. The van der Waals surface area contributed by atoms with Gasteiger partial charge in [-0.1, -0.05) is 63.1 Å². The van der Waals surface area contributed by atoms with Gasteiger partial charge in [0.25, 0.3) is 0 Å². The third-order valence-electron chi connectivity index (χ3n) is 7.67. The molecule has 12 heteroatoms. The minimum Gasteiger partial charge on any atom is -0.434 e. The smallest absolute Gasteiger partial charge is 0.434 e. The minimum atomic E-state index is -0.971. The number of fused-ring (bicyclic) bond motifs is 6. The van der Waals surface area contributed by atoms with E-state index in [2.05, 4.69) is 0 Å². The predicted octanol–water partition coefficient (Wildman–Crippen LogP) is 9.96. The van der Waals surface area contributed by atoms with E-state index in [-0.39, 0.29) is 71.7 Å². The first-order chi connectivity index (χ1) is 24.1. The van der Waals surface area contributed by atoms with Gasteiger partial charge in [-0.2, -0.15) is 0 Å². The second kappa shape index (κ2) is 15.8. The number of rotatable bonds is 12. The van der Waals surface area contributed by atoms with Crippen LogP contribution < -0.4 is 18.9 Å². The van der Waals surface area contributed by atoms with Crippen LogP contribution in [0.2, 0.25) is 0 Å². The van der Waals surface area contributed by atoms with Crippen molar-refractivity contribution in [1.29, 1.82) is 0 Å². The number of carbonyl (C=O) groups excluding carboxylic acids is 4. The summed E-state index contributed by atoms with van der Waals surface area (Å²) in [5.41, 5.74) is 2.60. The van der Waals surface area contributed by atoms with E-state index in [0.29, 0.717) is 47.2 Å². The molecule has 0 saturated carbocycles. The minimum absolute atomic E-state index is 0.0520. The maximum Gasteiger partial charge on any atom is 0.513 e. The fraction of sp³-hybridized carbons (Fsp3) is 0.368. The van der Waals surface area contributed by atoms with Crippen molar-refractivity contribution in [2.75, 3.05) is 26.4 Å². The third-order valence-corrected chi connectivity index (χ3v) is 7.67. The number of hydrogen-bond donors (Lipinski definition) is 0. The number of aryl methyl sites for hydroxylation is 2. The van der Waals surface area contributed by atoms with Crippen molar-refractivity contribution in [3.8, 4) is 45.3 Å². The van der Waals surface area contributed by atoms with Gasteiger partial charge in [0.1, 0.15) is 0 Å². The maximum atomic E-state index is 13.1. The van der Waals surface area contributed by atoms with Crippen LogP contribution in [0.4, 0.5) is 19.2 Å². The molecule has 0 aliphatic heterocycles. The average molecular weight is 689 g/mol. The molecule has 0 N–H and O–H groups in total. The van der Waals surface area contributed by atoms with E-state index in [0.717, 1.165) is 11.1 Å². The van der Waals surface area contributed by atoms with Gasteiger partial charge < -0.3 is 37.9 Å². The summed E-state index contributed by atoms with van der Waals surface area (Å²) in [7, 11) is 0. The van der Waals surface area contributed by atoms with E-state index in [1.165, 1.54) is 0 Å². The molecule has 0 radical (unpaired) electrons. The fourth-order valence-electron chi connectivity index (χ4n) is 5.59. The lowest BCUT2D eigenvalue weighted by atomic mass is 9.74. The van der Waals surface area contributed by atoms with Gasteiger partial charge in [0.2, 0.25) is 0 Å². The highest BCUT2D eigenvalue weighted by molar-refractivity contribution is 6.25. The second-order valence-corrected chi connectivity index (χ2v) is 11.7. The van der Waals surface area contributed by atoms with E-state index in [1.54, 1.807) is 36.4 Å². The molecular formula is C38H40O12. The van der Waals surface area contributed by atoms with E-state index in [4.69, 9.17) is 37.9 Å². The lowest BCUT2D eigenvalue weighted by Gasteiger charge is -2.33. The zero-order valence-electron chi connectivity index (χ0n) is 29.0. The van der Waals surface area contributed by atoms with Crippen molar-refractivity contribution >= 4 is 46.2 Å². The monoisotopic (exact) mass is 688 g/mol. The van der Waals surface area contributed by atoms with Crippen LogP contribution in [-0.4, -0.2) is 51.0 Å². The molecule has 4 aromatic rings. The predicted molar refractivity (Wildman–Crippen MR) is 184 cm³/mol. The Morgan fingerprint density at radius 3 is 0.940 bits per heavy atom. The van der Waals surface area contributed by atoms with Crippen molar-refractivity contribution in [2.45, 2.75) is 67.2 Å². The molecule has 0 saturated heterocycles. The highest BCUT2D eigenvalue weighted by Crippen LogP contribution is 2.67. The Labute approximate surface area is 289 Å². The van der Waals surface area contributed by atoms with Gasteiger partial charge >= 0.3 is 24.6 Å². The van der Waals surface area contributed by atoms with Crippen molar-refractivity contribution in [2.24, 2.45) is 0 Å². The Balaban J connectivity index is 1.89. The van der Waals surface area contributed by atoms with Crippen molar-refractivity contribution in [3.63, 3.8) is 0 Å². The van der Waals surface area contributed by atoms with Gasteiger partial charge in [-0.3, -0.25) is 0 Å². The Morgan fingerprint density at radius 1 is 0.420 bits per heavy atom. The number of hydrogen-bond acceptors (Lipinski definition) is 12. The van der Waals surface area contributed by atoms with Crippen LogP contribution in [0.5, 0.6) is 23.0 Å². The standard InChI is InChI=1S/C38H40O12/c1-7-15-43-35(39)47-31-23-13-11-21(5)19-25(23)33(49-37(41)45-17-9-3)29-27(31)30-28(29)32(48-36(40)44-16-8-2)24-14-12-22(6)20-26(24)34(30)50-38(42)46-18-10-4/h11-14,19-20H,7-10,15-18H2,1-6H3. The van der Waals surface area contributed by atoms with Crippen molar-refractivity contribution in [1.82, 2.24) is 0 Å². The third kappa shape index (κ3) is 7.24. The summed E-state index contributed by atoms with van der Waals surface area (Å²) in [5.74, 6) is 0.214. The molecule has 5 rings (SSSR count). The highest BCUT2D eigenvalue weighted by Gasteiger charge is 2.43. The Kier molecular flexibility index (Phi) is 11.3. The van der Waals surface area contributed by atoms with Crippen molar-refractivity contribution in [3.05, 3.63) is 47.5 Å². The summed E-state index contributed by atoms with van der Waals surface area (Å²) >= 11 is 0. The first-order valence-electron chi connectivity index (χ1n) is 16.7. The molecule has 0 fully saturated rings. The van der Waals surface area contributed by atoms with Gasteiger partial charge in [-0.05, 0) is 51.7 Å². The summed E-state index contributed by atoms with van der Waals surface area (Å²) in [4.78, 5) is 52.3. The molecule has 0 spiro atoms. The van der Waals surface area contributed by atoms with E-state index in [9.17, 15) is 19.2 Å². The van der Waals surface area contributed by atoms with Gasteiger partial charge in [0, 0.05) is 43.8 Å². The SMILES string of the molecule is CCCOC(=O)Oc1c2c(c(OC(=O)OCCC)c3cc(C)ccc13)-c1c-2c(OC(=O)OCCC)c2cc(C)ccc2c1OC(=O)OCCC. The molecule has 4 aromatic carbocycles. The average Bonchev–Trinajstić information content (AvgIpc) is 3.08. The van der Waals surface area contributed by atoms with Crippen LogP contribution in [0.3, 0.4) is 0 Å². The topological polar surface area (TPSA) is 142 Å².